The zero-order valence-electron chi connectivity index (χ0n) is 14.0. The van der Waals surface area contributed by atoms with Crippen molar-refractivity contribution < 1.29 is 23.2 Å². The van der Waals surface area contributed by atoms with Gasteiger partial charge in [0.2, 0.25) is 16.2 Å². The van der Waals surface area contributed by atoms with E-state index in [4.69, 9.17) is 4.84 Å². The minimum absolute atomic E-state index is 0.0163. The van der Waals surface area contributed by atoms with Gasteiger partial charge in [-0.05, 0) is 24.1 Å². The second-order valence-electron chi connectivity index (χ2n) is 5.91. The normalized spacial score (nSPS) is 20.3. The molecular weight excluding hydrogens is 346 g/mol. The third-order valence-corrected chi connectivity index (χ3v) is 5.32. The average Bonchev–Trinajstić information content (AvgIpc) is 3.18. The molecule has 2 heterocycles. The van der Waals surface area contributed by atoms with Gasteiger partial charge in [-0.15, -0.1) is 0 Å². The second-order valence-corrected chi connectivity index (χ2v) is 6.85. The number of oxime groups is 1. The molecule has 0 aromatic carbocycles. The molecule has 0 saturated carbocycles. The largest absolute Gasteiger partial charge is 0.493 e. The van der Waals surface area contributed by atoms with Crippen LogP contribution in [-0.4, -0.2) is 46.3 Å². The predicted molar refractivity (Wildman–Crippen MR) is 91.1 cm³/mol. The molecule has 25 heavy (non-hydrogen) atoms. The van der Waals surface area contributed by atoms with Crippen LogP contribution in [0, 0.1) is 5.92 Å². The van der Waals surface area contributed by atoms with E-state index in [-0.39, 0.29) is 21.9 Å². The summed E-state index contributed by atoms with van der Waals surface area (Å²) in [6.07, 6.45) is 3.17. The van der Waals surface area contributed by atoms with Crippen molar-refractivity contribution in [1.82, 2.24) is 9.78 Å². The van der Waals surface area contributed by atoms with E-state index in [0.717, 1.165) is 0 Å². The lowest BCUT2D eigenvalue weighted by atomic mass is 9.79. The van der Waals surface area contributed by atoms with Crippen LogP contribution in [0.4, 0.5) is 0 Å². The van der Waals surface area contributed by atoms with Crippen molar-refractivity contribution in [3.05, 3.63) is 34.6 Å². The first-order chi connectivity index (χ1) is 11.8. The third-order valence-electron chi connectivity index (χ3n) is 4.46. The molecule has 8 nitrogen and oxygen atoms in total. The van der Waals surface area contributed by atoms with Gasteiger partial charge in [-0.3, -0.25) is 4.79 Å². The van der Waals surface area contributed by atoms with E-state index in [2.05, 4.69) is 10.3 Å². The van der Waals surface area contributed by atoms with Crippen molar-refractivity contribution in [2.75, 3.05) is 6.61 Å². The van der Waals surface area contributed by atoms with Crippen molar-refractivity contribution in [3.8, 4) is 5.88 Å². The van der Waals surface area contributed by atoms with Gasteiger partial charge >= 0.3 is 0 Å². The Balaban J connectivity index is 2.19. The molecule has 0 spiro atoms. The summed E-state index contributed by atoms with van der Waals surface area (Å²) < 4.78 is 24.5. The molecule has 3 rings (SSSR count). The fourth-order valence-electron chi connectivity index (χ4n) is 3.11. The van der Waals surface area contributed by atoms with E-state index in [1.807, 2.05) is 0 Å². The fourth-order valence-corrected chi connectivity index (χ4v) is 3.73. The van der Waals surface area contributed by atoms with Gasteiger partial charge in [0.05, 0.1) is 16.8 Å². The maximum absolute atomic E-state index is 12.9. The number of hydrogen-bond donors (Lipinski definition) is 1. The molecule has 0 fully saturated rings. The second kappa shape index (κ2) is 6.32. The van der Waals surface area contributed by atoms with Crippen LogP contribution in [0.2, 0.25) is 0 Å². The minimum atomic E-state index is -2.49. The van der Waals surface area contributed by atoms with Gasteiger partial charge in [-0.25, -0.2) is 4.68 Å². The van der Waals surface area contributed by atoms with Crippen molar-refractivity contribution in [1.29, 1.82) is 0 Å². The van der Waals surface area contributed by atoms with Gasteiger partial charge < -0.3 is 9.94 Å². The lowest BCUT2D eigenvalue weighted by Gasteiger charge is -2.24. The van der Waals surface area contributed by atoms with Crippen LogP contribution in [0.1, 0.15) is 30.6 Å². The molecule has 2 aliphatic rings. The Bertz CT molecular complexity index is 987. The minimum Gasteiger partial charge on any atom is -0.493 e. The first kappa shape index (κ1) is 17.2. The van der Waals surface area contributed by atoms with Gasteiger partial charge in [0.25, 0.3) is 0 Å². The summed E-state index contributed by atoms with van der Waals surface area (Å²) in [6.45, 7) is 3.92. The molecule has 1 aliphatic heterocycles. The lowest BCUT2D eigenvalue weighted by Crippen LogP contribution is -2.26. The molecular formula is C16H17N3O5S. The van der Waals surface area contributed by atoms with Crippen LogP contribution in [0.25, 0.3) is 0 Å². The summed E-state index contributed by atoms with van der Waals surface area (Å²) in [5.41, 5.74) is 2.15. The number of nitrogens with zero attached hydrogens (tertiary/aromatic N) is 3. The highest BCUT2D eigenvalue weighted by atomic mass is 32.2. The van der Waals surface area contributed by atoms with Crippen LogP contribution < -0.4 is 0 Å². The van der Waals surface area contributed by atoms with Crippen LogP contribution in [0.3, 0.4) is 0 Å². The Hall–Kier alpha value is -2.68. The first-order valence-corrected chi connectivity index (χ1v) is 8.74. The quantitative estimate of drug-likeness (QED) is 0.634. The summed E-state index contributed by atoms with van der Waals surface area (Å²) in [4.78, 5) is 18.0. The molecule has 1 aliphatic carbocycles. The van der Waals surface area contributed by atoms with Gasteiger partial charge in [-0.1, -0.05) is 12.1 Å². The number of hydrogen-bond acceptors (Lipinski definition) is 7. The number of aryl methyl sites for hydroxylation is 1. The summed E-state index contributed by atoms with van der Waals surface area (Å²) >= 11 is 0. The zero-order valence-corrected chi connectivity index (χ0v) is 14.8. The van der Waals surface area contributed by atoms with Crippen molar-refractivity contribution in [2.24, 2.45) is 18.1 Å². The highest BCUT2D eigenvalue weighted by Gasteiger charge is 2.33. The highest BCUT2D eigenvalue weighted by molar-refractivity contribution is 7.73. The molecule has 0 amide bonds. The van der Waals surface area contributed by atoms with E-state index in [1.54, 1.807) is 13.8 Å². The number of Topliss-reactive ketones (excluding diaryl/α,β-unsaturated/α-hetero) is 1. The Kier molecular flexibility index (Phi) is 4.34. The van der Waals surface area contributed by atoms with E-state index >= 15 is 0 Å². The number of carbonyl (C=O) groups is 1. The van der Waals surface area contributed by atoms with Crippen molar-refractivity contribution in [3.63, 3.8) is 0 Å². The van der Waals surface area contributed by atoms with Crippen molar-refractivity contribution >= 4 is 26.7 Å². The molecule has 1 atom stereocenters. The fraction of sp³-hybridized carbons (Fsp3) is 0.375. The Morgan fingerprint density at radius 2 is 2.16 bits per heavy atom. The molecule has 1 N–H and O–H groups in total. The van der Waals surface area contributed by atoms with E-state index in [0.29, 0.717) is 29.9 Å². The number of aromatic nitrogens is 2. The van der Waals surface area contributed by atoms with E-state index in [1.165, 1.54) is 24.0 Å². The zero-order chi connectivity index (χ0) is 18.3. The molecule has 1 unspecified atom stereocenters. The number of carbonyl (C=O) groups excluding carboxylic acids is 1. The summed E-state index contributed by atoms with van der Waals surface area (Å²) in [6, 6.07) is 0. The average molecular weight is 363 g/mol. The smallest absolute Gasteiger partial charge is 0.220 e. The highest BCUT2D eigenvalue weighted by Crippen LogP contribution is 2.34. The Morgan fingerprint density at radius 1 is 1.44 bits per heavy atom. The lowest BCUT2D eigenvalue weighted by molar-refractivity contribution is 0.103. The molecule has 0 radical (unpaired) electrons. The molecule has 9 heteroatoms. The third kappa shape index (κ3) is 2.80. The number of rotatable bonds is 3. The van der Waals surface area contributed by atoms with E-state index in [9.17, 15) is 18.3 Å². The van der Waals surface area contributed by atoms with Crippen molar-refractivity contribution in [2.45, 2.75) is 20.3 Å². The molecule has 0 saturated heterocycles. The Labute approximate surface area is 145 Å². The standard InChI is InChI=1S/C16H17N3O5S/c1-8-10(15(20)11-7-17-19(3)16(11)21)6-13(25(22)23)9(2)14(8)12-4-5-24-18-12/h6-7,9,21H,4-5H2,1-3H3. The topological polar surface area (TPSA) is 111 Å². The predicted octanol–water partition coefficient (Wildman–Crippen LogP) is 1.03. The summed E-state index contributed by atoms with van der Waals surface area (Å²) in [5.74, 6) is -1.20. The molecule has 1 aromatic rings. The first-order valence-electron chi connectivity index (χ1n) is 7.66. The van der Waals surface area contributed by atoms with Crippen LogP contribution >= 0.6 is 0 Å². The monoisotopic (exact) mass is 363 g/mol. The van der Waals surface area contributed by atoms with Gasteiger partial charge in [-0.2, -0.15) is 13.5 Å². The van der Waals surface area contributed by atoms with Gasteiger partial charge in [0.1, 0.15) is 12.2 Å². The maximum Gasteiger partial charge on any atom is 0.220 e. The summed E-state index contributed by atoms with van der Waals surface area (Å²) in [7, 11) is -0.981. The SMILES string of the molecule is CC1=C(C2=NOCC2)C(C)C(=S(=O)=O)C=C1C(=O)c1cnn(C)c1O. The van der Waals surface area contributed by atoms with Crippen LogP contribution in [0.15, 0.2) is 34.1 Å². The van der Waals surface area contributed by atoms with E-state index < -0.39 is 22.0 Å². The Morgan fingerprint density at radius 3 is 2.68 bits per heavy atom. The van der Waals surface area contributed by atoms with Crippen LogP contribution in [0.5, 0.6) is 5.88 Å². The summed E-state index contributed by atoms with van der Waals surface area (Å²) in [5, 5.41) is 17.8. The number of ketones is 1. The molecule has 0 bridgehead atoms. The number of allylic oxidation sites excluding steroid dienone is 4. The maximum atomic E-state index is 12.9. The number of aromatic hydroxyl groups is 1. The molecule has 132 valence electrons. The van der Waals surface area contributed by atoms with Gasteiger partial charge in [0, 0.05) is 25.0 Å². The van der Waals surface area contributed by atoms with Gasteiger partial charge in [0.15, 0.2) is 5.78 Å². The van der Waals surface area contributed by atoms with Crippen LogP contribution in [-0.2, 0) is 22.2 Å². The molecule has 1 aromatic heterocycles.